The Morgan fingerprint density at radius 2 is 1.76 bits per heavy atom. The highest BCUT2D eigenvalue weighted by Crippen LogP contribution is 2.33. The highest BCUT2D eigenvalue weighted by atomic mass is 35.5. The second-order valence-corrected chi connectivity index (χ2v) is 6.38. The maximum atomic E-state index is 12.9. The molecular formula is C16H16Cl2N4O3. The first-order valence-corrected chi connectivity index (χ1v) is 8.54. The van der Waals surface area contributed by atoms with Gasteiger partial charge in [-0.05, 0) is 31.5 Å². The van der Waals surface area contributed by atoms with Crippen LogP contribution in [0.2, 0.25) is 10.0 Å². The van der Waals surface area contributed by atoms with Gasteiger partial charge in [0.1, 0.15) is 5.82 Å². The van der Waals surface area contributed by atoms with E-state index in [1.54, 1.807) is 32.0 Å². The molecule has 2 N–H and O–H groups in total. The van der Waals surface area contributed by atoms with Crippen molar-refractivity contribution in [1.29, 1.82) is 0 Å². The van der Waals surface area contributed by atoms with Gasteiger partial charge in [-0.2, -0.15) is 0 Å². The highest BCUT2D eigenvalue weighted by molar-refractivity contribution is 6.35. The van der Waals surface area contributed by atoms with E-state index >= 15 is 0 Å². The van der Waals surface area contributed by atoms with Gasteiger partial charge in [0.2, 0.25) is 0 Å². The molecule has 9 heteroatoms. The summed E-state index contributed by atoms with van der Waals surface area (Å²) in [7, 11) is 0. The summed E-state index contributed by atoms with van der Waals surface area (Å²) in [6, 6.07) is 3.53. The smallest absolute Gasteiger partial charge is 0.327 e. The van der Waals surface area contributed by atoms with E-state index in [9.17, 15) is 14.4 Å². The summed E-state index contributed by atoms with van der Waals surface area (Å²) in [5, 5.41) is 6.04. The molecule has 25 heavy (non-hydrogen) atoms. The molecule has 1 aromatic heterocycles. The lowest BCUT2D eigenvalue weighted by Crippen LogP contribution is -2.50. The molecule has 2 heterocycles. The van der Waals surface area contributed by atoms with Crippen molar-refractivity contribution < 1.29 is 4.79 Å². The van der Waals surface area contributed by atoms with Crippen molar-refractivity contribution >= 4 is 35.1 Å². The zero-order chi connectivity index (χ0) is 18.3. The van der Waals surface area contributed by atoms with E-state index in [-0.39, 0.29) is 17.9 Å². The maximum absolute atomic E-state index is 12.9. The average molecular weight is 383 g/mol. The van der Waals surface area contributed by atoms with E-state index in [0.717, 1.165) is 4.57 Å². The van der Waals surface area contributed by atoms with Gasteiger partial charge in [0, 0.05) is 23.1 Å². The largest absolute Gasteiger partial charge is 0.332 e. The zero-order valence-corrected chi connectivity index (χ0v) is 15.1. The predicted molar refractivity (Wildman–Crippen MR) is 96.8 cm³/mol. The third-order valence-corrected chi connectivity index (χ3v) is 4.73. The number of amides is 2. The lowest BCUT2D eigenvalue weighted by molar-refractivity contribution is 0.248. The number of benzene rings is 1. The van der Waals surface area contributed by atoms with Crippen LogP contribution < -0.4 is 21.9 Å². The minimum Gasteiger partial charge on any atom is -0.327 e. The minimum atomic E-state index is -0.780. The normalized spacial score (nSPS) is 16.2. The molecule has 2 aromatic rings. The molecule has 0 bridgehead atoms. The van der Waals surface area contributed by atoms with Crippen molar-refractivity contribution in [2.24, 2.45) is 0 Å². The van der Waals surface area contributed by atoms with Gasteiger partial charge in [-0.25, -0.2) is 9.59 Å². The van der Waals surface area contributed by atoms with E-state index in [1.807, 2.05) is 0 Å². The number of fused-ring (bicyclic) bond motifs is 1. The molecule has 7 nitrogen and oxygen atoms in total. The Balaban J connectivity index is 2.36. The Kier molecular flexibility index (Phi) is 4.62. The molecule has 2 amide bonds. The van der Waals surface area contributed by atoms with Gasteiger partial charge < -0.3 is 5.32 Å². The van der Waals surface area contributed by atoms with Crippen molar-refractivity contribution in [2.45, 2.75) is 33.0 Å². The molecule has 1 aromatic carbocycles. The first kappa shape index (κ1) is 17.6. The topological polar surface area (TPSA) is 85.1 Å². The number of carbonyl (C=O) groups is 1. The van der Waals surface area contributed by atoms with Crippen LogP contribution in [-0.4, -0.2) is 15.2 Å². The Bertz CT molecular complexity index is 981. The second-order valence-electron chi connectivity index (χ2n) is 5.54. The van der Waals surface area contributed by atoms with Crippen LogP contribution in [0.15, 0.2) is 27.8 Å². The van der Waals surface area contributed by atoms with E-state index in [1.165, 1.54) is 4.57 Å². The summed E-state index contributed by atoms with van der Waals surface area (Å²) in [4.78, 5) is 37.5. The lowest BCUT2D eigenvalue weighted by Gasteiger charge is -2.29. The number of hydrogen-bond acceptors (Lipinski definition) is 3. The van der Waals surface area contributed by atoms with Crippen LogP contribution in [0.3, 0.4) is 0 Å². The maximum Gasteiger partial charge on any atom is 0.332 e. The summed E-state index contributed by atoms with van der Waals surface area (Å²) in [5.74, 6) is 0.196. The van der Waals surface area contributed by atoms with E-state index < -0.39 is 23.3 Å². The van der Waals surface area contributed by atoms with Gasteiger partial charge in [0.25, 0.3) is 5.56 Å². The number of urea groups is 1. The fraction of sp³-hybridized carbons (Fsp3) is 0.312. The molecule has 3 rings (SSSR count). The summed E-state index contributed by atoms with van der Waals surface area (Å²) in [6.45, 7) is 4.02. The van der Waals surface area contributed by atoms with Crippen LogP contribution in [0.25, 0.3) is 0 Å². The third kappa shape index (κ3) is 2.83. The third-order valence-electron chi connectivity index (χ3n) is 4.16. The molecule has 1 unspecified atom stereocenters. The molecule has 1 atom stereocenters. The highest BCUT2D eigenvalue weighted by Gasteiger charge is 2.33. The van der Waals surface area contributed by atoms with Crippen LogP contribution in [0.1, 0.15) is 31.0 Å². The van der Waals surface area contributed by atoms with Crippen LogP contribution in [0.4, 0.5) is 10.6 Å². The van der Waals surface area contributed by atoms with E-state index in [2.05, 4.69) is 10.6 Å². The summed E-state index contributed by atoms with van der Waals surface area (Å²) < 4.78 is 2.51. The molecule has 0 fully saturated rings. The summed E-state index contributed by atoms with van der Waals surface area (Å²) in [5.41, 5.74) is -0.122. The lowest BCUT2D eigenvalue weighted by atomic mass is 9.98. The molecule has 1 aliphatic heterocycles. The molecule has 132 valence electrons. The number of aromatic nitrogens is 2. The molecule has 0 spiro atoms. The summed E-state index contributed by atoms with van der Waals surface area (Å²) >= 11 is 12.2. The monoisotopic (exact) mass is 382 g/mol. The van der Waals surface area contributed by atoms with Crippen molar-refractivity contribution in [3.8, 4) is 0 Å². The van der Waals surface area contributed by atoms with Gasteiger partial charge in [0.15, 0.2) is 0 Å². The number of anilines is 1. The number of halogens is 2. The fourth-order valence-corrected chi connectivity index (χ4v) is 3.52. The number of nitrogens with zero attached hydrogens (tertiary/aromatic N) is 2. The molecule has 1 aliphatic rings. The zero-order valence-electron chi connectivity index (χ0n) is 13.6. The Hall–Kier alpha value is -2.25. The van der Waals surface area contributed by atoms with Crippen molar-refractivity contribution in [3.05, 3.63) is 60.2 Å². The average Bonchev–Trinajstić information content (AvgIpc) is 2.54. The van der Waals surface area contributed by atoms with Crippen molar-refractivity contribution in [3.63, 3.8) is 0 Å². The first-order valence-electron chi connectivity index (χ1n) is 7.79. The van der Waals surface area contributed by atoms with Crippen LogP contribution >= 0.6 is 23.2 Å². The number of carbonyl (C=O) groups excluding carboxylic acids is 1. The van der Waals surface area contributed by atoms with E-state index in [0.29, 0.717) is 22.2 Å². The van der Waals surface area contributed by atoms with Gasteiger partial charge >= 0.3 is 11.7 Å². The Labute approximate surface area is 153 Å². The fourth-order valence-electron chi connectivity index (χ4n) is 3.00. The first-order chi connectivity index (χ1) is 11.9. The Morgan fingerprint density at radius 1 is 1.08 bits per heavy atom. The minimum absolute atomic E-state index is 0.196. The van der Waals surface area contributed by atoms with Crippen molar-refractivity contribution in [1.82, 2.24) is 14.5 Å². The number of rotatable bonds is 3. The molecule has 0 saturated carbocycles. The molecular weight excluding hydrogens is 367 g/mol. The van der Waals surface area contributed by atoms with Gasteiger partial charge in [-0.3, -0.25) is 19.2 Å². The van der Waals surface area contributed by atoms with Crippen LogP contribution in [0, 0.1) is 0 Å². The van der Waals surface area contributed by atoms with Crippen LogP contribution in [0.5, 0.6) is 0 Å². The number of nitrogens with one attached hydrogen (secondary N) is 2. The standard InChI is InChI=1S/C16H16Cl2N4O3/c1-3-21-13-11(14(23)22(4-2)16(21)25)12(19-15(24)20-13)9-6-5-8(17)7-10(9)18/h5-7,12H,3-4H2,1-2H3,(H2,19,20,24). The molecule has 0 saturated heterocycles. The second kappa shape index (κ2) is 6.57. The Morgan fingerprint density at radius 3 is 2.36 bits per heavy atom. The SMILES string of the molecule is CCn1c2c(c(=O)n(CC)c1=O)C(c1ccc(Cl)cc1Cl)NC(=O)N2. The van der Waals surface area contributed by atoms with Gasteiger partial charge in [-0.15, -0.1) is 0 Å². The predicted octanol–water partition coefficient (Wildman–Crippen LogP) is 2.58. The van der Waals surface area contributed by atoms with E-state index in [4.69, 9.17) is 23.2 Å². The quantitative estimate of drug-likeness (QED) is 0.855. The molecule has 0 aliphatic carbocycles. The number of hydrogen-bond donors (Lipinski definition) is 2. The van der Waals surface area contributed by atoms with Gasteiger partial charge in [-0.1, -0.05) is 29.3 Å². The molecule has 0 radical (unpaired) electrons. The summed E-state index contributed by atoms with van der Waals surface area (Å²) in [6.07, 6.45) is 0. The van der Waals surface area contributed by atoms with Gasteiger partial charge in [0.05, 0.1) is 11.6 Å². The van der Waals surface area contributed by atoms with Crippen LogP contribution in [-0.2, 0) is 13.1 Å². The van der Waals surface area contributed by atoms with Crippen molar-refractivity contribution in [2.75, 3.05) is 5.32 Å².